The molecule has 0 fully saturated rings. The van der Waals surface area contributed by atoms with Gasteiger partial charge in [-0.15, -0.1) is 0 Å². The van der Waals surface area contributed by atoms with Crippen molar-refractivity contribution in [1.29, 1.82) is 0 Å². The molecule has 1 aromatic carbocycles. The van der Waals surface area contributed by atoms with Crippen molar-refractivity contribution in [3.63, 3.8) is 0 Å². The first-order chi connectivity index (χ1) is 15.7. The lowest BCUT2D eigenvalue weighted by Gasteiger charge is -2.34. The van der Waals surface area contributed by atoms with Crippen molar-refractivity contribution >= 4 is 23.8 Å². The highest BCUT2D eigenvalue weighted by Crippen LogP contribution is 2.27. The number of carbonyl (C=O) groups excluding carboxylic acids is 4. The van der Waals surface area contributed by atoms with Gasteiger partial charge in [0, 0.05) is 12.6 Å². The predicted molar refractivity (Wildman–Crippen MR) is 125 cm³/mol. The number of benzene rings is 1. The Labute approximate surface area is 199 Å². The first-order valence-electron chi connectivity index (χ1n) is 10.9. The van der Waals surface area contributed by atoms with Crippen LogP contribution in [0.4, 0.5) is 4.79 Å². The van der Waals surface area contributed by atoms with Crippen molar-refractivity contribution < 1.29 is 34.1 Å². The molecule has 2 atom stereocenters. The molecular weight excluding hydrogens is 444 g/mol. The number of aliphatic hydroxyl groups excluding tert-OH is 1. The molecule has 0 spiro atoms. The second kappa shape index (κ2) is 12.2. The fourth-order valence-corrected chi connectivity index (χ4v) is 3.21. The number of hydrogen-bond acceptors (Lipinski definition) is 7. The molecule has 11 heteroatoms. The van der Waals surface area contributed by atoms with Crippen LogP contribution in [-0.4, -0.2) is 69.8 Å². The number of alkyl carbamates (subject to hydrolysis) is 1. The Morgan fingerprint density at radius 2 is 1.76 bits per heavy atom. The third kappa shape index (κ3) is 8.89. The van der Waals surface area contributed by atoms with E-state index in [-0.39, 0.29) is 18.3 Å². The Balaban J connectivity index is 3.47. The normalized spacial score (nSPS) is 13.1. The number of phenols is 1. The van der Waals surface area contributed by atoms with Crippen LogP contribution in [0.25, 0.3) is 0 Å². The van der Waals surface area contributed by atoms with Crippen molar-refractivity contribution in [2.75, 3.05) is 13.2 Å². The standard InChI is InChI=1S/C23H36N4O7/c1-13(2)25-20(31)19(15-7-8-17(29)14(3)11-15)27(9-10-28)21(32)16(12-18(24)30)26-22(33)34-23(4,5)6/h7-8,11,13,16,19,28-29H,9-10,12H2,1-6H3,(H2,24,30)(H,25,31)(H,26,33). The molecule has 0 saturated heterocycles. The Bertz CT molecular complexity index is 896. The highest BCUT2D eigenvalue weighted by atomic mass is 16.6. The highest BCUT2D eigenvalue weighted by molar-refractivity contribution is 5.94. The van der Waals surface area contributed by atoms with Crippen LogP contribution in [0.2, 0.25) is 0 Å². The molecule has 0 aromatic heterocycles. The summed E-state index contributed by atoms with van der Waals surface area (Å²) < 4.78 is 5.18. The van der Waals surface area contributed by atoms with Crippen LogP contribution in [0.5, 0.6) is 5.75 Å². The number of amides is 4. The van der Waals surface area contributed by atoms with Gasteiger partial charge in [-0.05, 0) is 64.8 Å². The maximum atomic E-state index is 13.5. The summed E-state index contributed by atoms with van der Waals surface area (Å²) in [6.45, 7) is 9.25. The smallest absolute Gasteiger partial charge is 0.408 e. The average Bonchev–Trinajstić information content (AvgIpc) is 2.66. The van der Waals surface area contributed by atoms with E-state index in [0.29, 0.717) is 11.1 Å². The Kier molecular flexibility index (Phi) is 10.3. The minimum absolute atomic E-state index is 0.00463. The minimum Gasteiger partial charge on any atom is -0.508 e. The van der Waals surface area contributed by atoms with E-state index in [1.807, 2.05) is 0 Å². The van der Waals surface area contributed by atoms with Crippen molar-refractivity contribution in [3.8, 4) is 5.75 Å². The zero-order chi connectivity index (χ0) is 26.2. The highest BCUT2D eigenvalue weighted by Gasteiger charge is 2.37. The SMILES string of the molecule is Cc1cc(C(C(=O)NC(C)C)N(CCO)C(=O)C(CC(N)=O)NC(=O)OC(C)(C)C)ccc1O. The first-order valence-corrected chi connectivity index (χ1v) is 10.9. The lowest BCUT2D eigenvalue weighted by Crippen LogP contribution is -2.55. The number of aliphatic hydroxyl groups is 1. The van der Waals surface area contributed by atoms with E-state index in [2.05, 4.69) is 10.6 Å². The molecule has 0 radical (unpaired) electrons. The van der Waals surface area contributed by atoms with E-state index in [1.54, 1.807) is 47.6 Å². The predicted octanol–water partition coefficient (Wildman–Crippen LogP) is 0.856. The molecule has 6 N–H and O–H groups in total. The molecule has 1 aromatic rings. The zero-order valence-corrected chi connectivity index (χ0v) is 20.5. The zero-order valence-electron chi connectivity index (χ0n) is 20.5. The van der Waals surface area contributed by atoms with Crippen LogP contribution in [0.1, 0.15) is 58.2 Å². The Morgan fingerprint density at radius 3 is 2.24 bits per heavy atom. The molecule has 190 valence electrons. The third-order valence-corrected chi connectivity index (χ3v) is 4.55. The number of rotatable bonds is 10. The summed E-state index contributed by atoms with van der Waals surface area (Å²) in [5, 5.41) is 24.7. The number of nitrogens with zero attached hydrogens (tertiary/aromatic N) is 1. The van der Waals surface area contributed by atoms with Gasteiger partial charge in [-0.2, -0.15) is 0 Å². The quantitative estimate of drug-likeness (QED) is 0.330. The van der Waals surface area contributed by atoms with Crippen molar-refractivity contribution in [1.82, 2.24) is 15.5 Å². The number of primary amides is 1. The van der Waals surface area contributed by atoms with Gasteiger partial charge in [0.25, 0.3) is 0 Å². The molecule has 0 aliphatic carbocycles. The van der Waals surface area contributed by atoms with E-state index in [0.717, 1.165) is 4.90 Å². The molecule has 4 amide bonds. The largest absolute Gasteiger partial charge is 0.508 e. The molecule has 0 bridgehead atoms. The van der Waals surface area contributed by atoms with Crippen LogP contribution < -0.4 is 16.4 Å². The number of aromatic hydroxyl groups is 1. The van der Waals surface area contributed by atoms with Gasteiger partial charge in [0.15, 0.2) is 0 Å². The van der Waals surface area contributed by atoms with Gasteiger partial charge < -0.3 is 36.2 Å². The molecule has 0 heterocycles. The van der Waals surface area contributed by atoms with Crippen LogP contribution >= 0.6 is 0 Å². The van der Waals surface area contributed by atoms with E-state index in [1.165, 1.54) is 12.1 Å². The van der Waals surface area contributed by atoms with Crippen molar-refractivity contribution in [3.05, 3.63) is 29.3 Å². The molecule has 34 heavy (non-hydrogen) atoms. The summed E-state index contributed by atoms with van der Waals surface area (Å²) in [4.78, 5) is 51.8. The minimum atomic E-state index is -1.44. The van der Waals surface area contributed by atoms with Gasteiger partial charge in [0.1, 0.15) is 23.4 Å². The molecule has 2 unspecified atom stereocenters. The lowest BCUT2D eigenvalue weighted by atomic mass is 9.99. The number of carbonyl (C=O) groups is 4. The molecule has 0 saturated carbocycles. The number of aryl methyl sites for hydroxylation is 1. The first kappa shape index (κ1) is 28.7. The molecule has 1 rings (SSSR count). The van der Waals surface area contributed by atoms with Crippen LogP contribution in [0.15, 0.2) is 18.2 Å². The second-order valence-corrected chi connectivity index (χ2v) is 9.24. The third-order valence-electron chi connectivity index (χ3n) is 4.55. The average molecular weight is 481 g/mol. The van der Waals surface area contributed by atoms with Crippen molar-refractivity contribution in [2.24, 2.45) is 5.73 Å². The van der Waals surface area contributed by atoms with Crippen LogP contribution in [0, 0.1) is 6.92 Å². The molecular formula is C23H36N4O7. The lowest BCUT2D eigenvalue weighted by molar-refractivity contribution is -0.144. The fraction of sp³-hybridized carbons (Fsp3) is 0.565. The van der Waals surface area contributed by atoms with E-state index < -0.39 is 54.5 Å². The fourth-order valence-electron chi connectivity index (χ4n) is 3.21. The summed E-state index contributed by atoms with van der Waals surface area (Å²) in [5.41, 5.74) is 5.27. The van der Waals surface area contributed by atoms with Gasteiger partial charge >= 0.3 is 6.09 Å². The van der Waals surface area contributed by atoms with E-state index in [9.17, 15) is 29.4 Å². The number of nitrogens with two attached hydrogens (primary N) is 1. The summed E-state index contributed by atoms with van der Waals surface area (Å²) in [5.74, 6) is -2.21. The van der Waals surface area contributed by atoms with Crippen LogP contribution in [0.3, 0.4) is 0 Å². The maximum Gasteiger partial charge on any atom is 0.408 e. The summed E-state index contributed by atoms with van der Waals surface area (Å²) >= 11 is 0. The maximum absolute atomic E-state index is 13.5. The van der Waals surface area contributed by atoms with E-state index >= 15 is 0 Å². The Morgan fingerprint density at radius 1 is 1.15 bits per heavy atom. The van der Waals surface area contributed by atoms with Gasteiger partial charge in [-0.1, -0.05) is 6.07 Å². The number of nitrogens with one attached hydrogen (secondary N) is 2. The summed E-state index contributed by atoms with van der Waals surface area (Å²) in [6.07, 6.45) is -1.49. The molecule has 0 aliphatic rings. The topological polar surface area (TPSA) is 171 Å². The number of ether oxygens (including phenoxy) is 1. The molecule has 11 nitrogen and oxygen atoms in total. The summed E-state index contributed by atoms with van der Waals surface area (Å²) in [7, 11) is 0. The monoisotopic (exact) mass is 480 g/mol. The second-order valence-electron chi connectivity index (χ2n) is 9.24. The molecule has 0 aliphatic heterocycles. The van der Waals surface area contributed by atoms with Gasteiger partial charge in [-0.3, -0.25) is 14.4 Å². The summed E-state index contributed by atoms with van der Waals surface area (Å²) in [6, 6.07) is 1.49. The van der Waals surface area contributed by atoms with Gasteiger partial charge in [-0.25, -0.2) is 4.79 Å². The van der Waals surface area contributed by atoms with Gasteiger partial charge in [0.05, 0.1) is 13.0 Å². The number of phenolic OH excluding ortho intramolecular Hbond substituents is 1. The number of hydrogen-bond donors (Lipinski definition) is 5. The van der Waals surface area contributed by atoms with Crippen LogP contribution in [-0.2, 0) is 19.1 Å². The van der Waals surface area contributed by atoms with Gasteiger partial charge in [0.2, 0.25) is 17.7 Å². The van der Waals surface area contributed by atoms with E-state index in [4.69, 9.17) is 10.5 Å². The Hall–Kier alpha value is -3.34. The van der Waals surface area contributed by atoms with Crippen molar-refractivity contribution in [2.45, 2.75) is 71.7 Å².